The molecule has 1 N–H and O–H groups in total. The molecule has 0 aromatic heterocycles. The van der Waals surface area contributed by atoms with Crippen LogP contribution in [0.25, 0.3) is 0 Å². The molecule has 1 aromatic rings. The quantitative estimate of drug-likeness (QED) is 0.853. The number of hydrogen-bond donors (Lipinski definition) is 1. The fourth-order valence-corrected chi connectivity index (χ4v) is 3.46. The first-order valence-electron chi connectivity index (χ1n) is 6.67. The summed E-state index contributed by atoms with van der Waals surface area (Å²) in [5, 5.41) is 3.91. The summed E-state index contributed by atoms with van der Waals surface area (Å²) in [7, 11) is 1.96. The lowest BCUT2D eigenvalue weighted by Crippen LogP contribution is -2.27. The van der Waals surface area contributed by atoms with Crippen LogP contribution in [-0.4, -0.2) is 7.05 Å². The molecule has 0 aliphatic heterocycles. The molecule has 1 aromatic carbocycles. The normalized spacial score (nSPS) is 25.4. The average Bonchev–Trinajstić information content (AvgIpc) is 2.73. The van der Waals surface area contributed by atoms with E-state index in [1.54, 1.807) is 6.92 Å². The van der Waals surface area contributed by atoms with E-state index in [2.05, 4.69) is 12.2 Å². The lowest BCUT2D eigenvalue weighted by molar-refractivity contribution is 0.315. The summed E-state index contributed by atoms with van der Waals surface area (Å²) >= 11 is 6.22. The lowest BCUT2D eigenvalue weighted by Gasteiger charge is -2.28. The Morgan fingerprint density at radius 1 is 1.39 bits per heavy atom. The Hall–Kier alpha value is -0.600. The van der Waals surface area contributed by atoms with Crippen molar-refractivity contribution in [3.05, 3.63) is 34.1 Å². The maximum Gasteiger partial charge on any atom is 0.127 e. The highest BCUT2D eigenvalue weighted by molar-refractivity contribution is 6.31. The molecule has 1 nitrogen and oxygen atoms in total. The molecule has 0 saturated heterocycles. The van der Waals surface area contributed by atoms with Crippen molar-refractivity contribution in [3.8, 4) is 0 Å². The number of benzene rings is 1. The fraction of sp³-hybridized carbons (Fsp3) is 0.600. The SMILES string of the molecule is CNC(c1cc(C)c(F)cc1Cl)C1CCCC1C. The fourth-order valence-electron chi connectivity index (χ4n) is 3.19. The van der Waals surface area contributed by atoms with Gasteiger partial charge in [0.2, 0.25) is 0 Å². The van der Waals surface area contributed by atoms with Gasteiger partial charge >= 0.3 is 0 Å². The summed E-state index contributed by atoms with van der Waals surface area (Å²) in [6.07, 6.45) is 3.78. The van der Waals surface area contributed by atoms with Gasteiger partial charge in [0, 0.05) is 11.1 Å². The first kappa shape index (κ1) is 13.8. The summed E-state index contributed by atoms with van der Waals surface area (Å²) in [6.45, 7) is 4.09. The molecular weight excluding hydrogens is 249 g/mol. The van der Waals surface area contributed by atoms with E-state index >= 15 is 0 Å². The van der Waals surface area contributed by atoms with Gasteiger partial charge in [-0.1, -0.05) is 37.4 Å². The first-order chi connectivity index (χ1) is 8.54. The summed E-state index contributed by atoms with van der Waals surface area (Å²) in [6, 6.07) is 3.56. The molecule has 3 unspecified atom stereocenters. The molecule has 100 valence electrons. The molecule has 3 heteroatoms. The van der Waals surface area contributed by atoms with E-state index in [-0.39, 0.29) is 11.9 Å². The maximum absolute atomic E-state index is 13.5. The van der Waals surface area contributed by atoms with E-state index in [0.29, 0.717) is 22.4 Å². The van der Waals surface area contributed by atoms with Crippen LogP contribution in [0.2, 0.25) is 5.02 Å². The highest BCUT2D eigenvalue weighted by atomic mass is 35.5. The van der Waals surface area contributed by atoms with Gasteiger partial charge in [0.25, 0.3) is 0 Å². The molecule has 0 radical (unpaired) electrons. The van der Waals surface area contributed by atoms with Crippen LogP contribution in [0.3, 0.4) is 0 Å². The van der Waals surface area contributed by atoms with Crippen molar-refractivity contribution in [1.29, 1.82) is 0 Å². The molecule has 0 heterocycles. The number of hydrogen-bond acceptors (Lipinski definition) is 1. The van der Waals surface area contributed by atoms with Gasteiger partial charge in [-0.3, -0.25) is 0 Å². The van der Waals surface area contributed by atoms with E-state index < -0.39 is 0 Å². The van der Waals surface area contributed by atoms with Gasteiger partial charge in [-0.25, -0.2) is 4.39 Å². The highest BCUT2D eigenvalue weighted by Crippen LogP contribution is 2.42. The predicted molar refractivity (Wildman–Crippen MR) is 74.5 cm³/mol. The van der Waals surface area contributed by atoms with Gasteiger partial charge < -0.3 is 5.32 Å². The van der Waals surface area contributed by atoms with Crippen molar-refractivity contribution in [3.63, 3.8) is 0 Å². The lowest BCUT2D eigenvalue weighted by atomic mass is 9.85. The summed E-state index contributed by atoms with van der Waals surface area (Å²) < 4.78 is 13.5. The smallest absolute Gasteiger partial charge is 0.127 e. The first-order valence-corrected chi connectivity index (χ1v) is 7.05. The number of aryl methyl sites for hydroxylation is 1. The topological polar surface area (TPSA) is 12.0 Å². The third kappa shape index (κ3) is 2.55. The highest BCUT2D eigenvalue weighted by Gasteiger charge is 2.32. The minimum absolute atomic E-state index is 0.224. The van der Waals surface area contributed by atoms with Gasteiger partial charge in [0.1, 0.15) is 5.82 Å². The Bertz CT molecular complexity index is 433. The molecule has 0 bridgehead atoms. The van der Waals surface area contributed by atoms with Crippen LogP contribution in [0.5, 0.6) is 0 Å². The predicted octanol–water partition coefficient (Wildman–Crippen LogP) is 4.48. The maximum atomic E-state index is 13.5. The molecule has 1 aliphatic carbocycles. The second kappa shape index (κ2) is 5.58. The molecule has 1 aliphatic rings. The van der Waals surface area contributed by atoms with Crippen LogP contribution in [-0.2, 0) is 0 Å². The Labute approximate surface area is 114 Å². The van der Waals surface area contributed by atoms with E-state index in [1.807, 2.05) is 13.1 Å². The van der Waals surface area contributed by atoms with Crippen LogP contribution in [0, 0.1) is 24.6 Å². The van der Waals surface area contributed by atoms with Crippen molar-refractivity contribution in [2.45, 2.75) is 39.2 Å². The van der Waals surface area contributed by atoms with Gasteiger partial charge in [0.05, 0.1) is 0 Å². The number of halogens is 2. The third-order valence-corrected chi connectivity index (χ3v) is 4.61. The summed E-state index contributed by atoms with van der Waals surface area (Å²) in [5.74, 6) is 1.07. The Kier molecular flexibility index (Phi) is 4.29. The van der Waals surface area contributed by atoms with Crippen molar-refractivity contribution < 1.29 is 4.39 Å². The monoisotopic (exact) mass is 269 g/mol. The van der Waals surface area contributed by atoms with Crippen molar-refractivity contribution in [1.82, 2.24) is 5.32 Å². The van der Waals surface area contributed by atoms with E-state index in [1.165, 1.54) is 25.3 Å². The number of nitrogens with one attached hydrogen (secondary N) is 1. The molecular formula is C15H21ClFN. The van der Waals surface area contributed by atoms with Gasteiger partial charge in [-0.15, -0.1) is 0 Å². The van der Waals surface area contributed by atoms with Crippen molar-refractivity contribution in [2.24, 2.45) is 11.8 Å². The summed E-state index contributed by atoms with van der Waals surface area (Å²) in [4.78, 5) is 0. The van der Waals surface area contributed by atoms with E-state index in [9.17, 15) is 4.39 Å². The van der Waals surface area contributed by atoms with Crippen LogP contribution < -0.4 is 5.32 Å². The second-order valence-corrected chi connectivity index (χ2v) is 5.87. The van der Waals surface area contributed by atoms with Crippen LogP contribution >= 0.6 is 11.6 Å². The van der Waals surface area contributed by atoms with Crippen molar-refractivity contribution >= 4 is 11.6 Å². The molecule has 1 fully saturated rings. The molecule has 2 rings (SSSR count). The Morgan fingerprint density at radius 2 is 2.11 bits per heavy atom. The Balaban J connectivity index is 2.35. The van der Waals surface area contributed by atoms with Crippen LogP contribution in [0.15, 0.2) is 12.1 Å². The average molecular weight is 270 g/mol. The second-order valence-electron chi connectivity index (χ2n) is 5.46. The molecule has 3 atom stereocenters. The summed E-state index contributed by atoms with van der Waals surface area (Å²) in [5.41, 5.74) is 1.71. The zero-order valence-corrected chi connectivity index (χ0v) is 12.0. The van der Waals surface area contributed by atoms with Crippen LogP contribution in [0.4, 0.5) is 4.39 Å². The molecule has 0 amide bonds. The zero-order chi connectivity index (χ0) is 13.3. The largest absolute Gasteiger partial charge is 0.313 e. The Morgan fingerprint density at radius 3 is 2.67 bits per heavy atom. The minimum atomic E-state index is -0.224. The van der Waals surface area contributed by atoms with Crippen molar-refractivity contribution in [2.75, 3.05) is 7.05 Å². The standard InChI is InChI=1S/C15H21ClFN/c1-9-5-4-6-11(9)15(18-3)12-7-10(2)14(17)8-13(12)16/h7-9,11,15,18H,4-6H2,1-3H3. The number of rotatable bonds is 3. The van der Waals surface area contributed by atoms with E-state index in [0.717, 1.165) is 5.56 Å². The molecule has 1 saturated carbocycles. The minimum Gasteiger partial charge on any atom is -0.313 e. The van der Waals surface area contributed by atoms with Gasteiger partial charge in [-0.05, 0) is 49.4 Å². The van der Waals surface area contributed by atoms with Gasteiger partial charge in [0.15, 0.2) is 0 Å². The molecule has 18 heavy (non-hydrogen) atoms. The zero-order valence-electron chi connectivity index (χ0n) is 11.3. The van der Waals surface area contributed by atoms with Crippen LogP contribution in [0.1, 0.15) is 43.4 Å². The van der Waals surface area contributed by atoms with Gasteiger partial charge in [-0.2, -0.15) is 0 Å². The molecule has 0 spiro atoms. The third-order valence-electron chi connectivity index (χ3n) is 4.28. The van der Waals surface area contributed by atoms with E-state index in [4.69, 9.17) is 11.6 Å².